The molecule has 1 unspecified atom stereocenters. The predicted octanol–water partition coefficient (Wildman–Crippen LogP) is 5.92. The minimum absolute atomic E-state index is 0.127. The van der Waals surface area contributed by atoms with Gasteiger partial charge in [-0.25, -0.2) is 4.98 Å². The van der Waals surface area contributed by atoms with Crippen LogP contribution in [0.4, 0.5) is 5.69 Å². The highest BCUT2D eigenvalue weighted by Gasteiger charge is 2.46. The highest BCUT2D eigenvalue weighted by atomic mass is 35.5. The summed E-state index contributed by atoms with van der Waals surface area (Å²) in [6, 6.07) is 9.56. The van der Waals surface area contributed by atoms with E-state index < -0.39 is 17.7 Å². The van der Waals surface area contributed by atoms with Crippen LogP contribution in [0.25, 0.3) is 11.0 Å². The molecule has 0 radical (unpaired) electrons. The van der Waals surface area contributed by atoms with Crippen molar-refractivity contribution in [2.24, 2.45) is 5.92 Å². The summed E-state index contributed by atoms with van der Waals surface area (Å²) in [4.78, 5) is 35.6. The van der Waals surface area contributed by atoms with Gasteiger partial charge in [-0.05, 0) is 48.7 Å². The number of hydrogen-bond donors (Lipinski definition) is 2. The molecule has 164 valence electrons. The van der Waals surface area contributed by atoms with Crippen molar-refractivity contribution in [2.75, 3.05) is 4.90 Å². The lowest BCUT2D eigenvalue weighted by molar-refractivity contribution is -0.121. The van der Waals surface area contributed by atoms with Crippen LogP contribution < -0.4 is 4.90 Å². The number of aromatic nitrogens is 2. The number of nitrogens with zero attached hydrogens (tertiary/aromatic N) is 2. The minimum Gasteiger partial charge on any atom is -0.503 e. The third-order valence-corrected chi connectivity index (χ3v) is 7.13. The Labute approximate surface area is 194 Å². The molecule has 1 aromatic heterocycles. The third kappa shape index (κ3) is 3.48. The summed E-state index contributed by atoms with van der Waals surface area (Å²) in [5.41, 5.74) is 2.76. The van der Waals surface area contributed by atoms with E-state index in [4.69, 9.17) is 23.2 Å². The van der Waals surface area contributed by atoms with Crippen molar-refractivity contribution >= 4 is 51.6 Å². The average Bonchev–Trinajstić information content (AvgIpc) is 3.38. The summed E-state index contributed by atoms with van der Waals surface area (Å²) in [7, 11) is 0. The molecule has 2 N–H and O–H groups in total. The zero-order valence-corrected chi connectivity index (χ0v) is 18.7. The van der Waals surface area contributed by atoms with Gasteiger partial charge in [-0.15, -0.1) is 0 Å². The summed E-state index contributed by atoms with van der Waals surface area (Å²) in [5.74, 6) is -1.49. The first-order chi connectivity index (χ1) is 15.5. The van der Waals surface area contributed by atoms with Gasteiger partial charge in [-0.2, -0.15) is 0 Å². The van der Waals surface area contributed by atoms with Crippen molar-refractivity contribution in [1.82, 2.24) is 9.97 Å². The minimum atomic E-state index is -0.803. The molecular formula is C24H21Cl2N3O3. The number of carbonyl (C=O) groups excluding carboxylic acids is 2. The number of fused-ring (bicyclic) bond motifs is 1. The molecule has 2 heterocycles. The second-order valence-electron chi connectivity index (χ2n) is 8.32. The van der Waals surface area contributed by atoms with Crippen LogP contribution in [0.3, 0.4) is 0 Å². The molecule has 2 aromatic carbocycles. The quantitative estimate of drug-likeness (QED) is 0.496. The van der Waals surface area contributed by atoms with Gasteiger partial charge in [0.05, 0.1) is 39.0 Å². The number of benzene rings is 2. The summed E-state index contributed by atoms with van der Waals surface area (Å²) >= 11 is 12.4. The zero-order chi connectivity index (χ0) is 22.4. The van der Waals surface area contributed by atoms with Crippen LogP contribution in [0.5, 0.6) is 0 Å². The number of halogens is 2. The Morgan fingerprint density at radius 3 is 2.59 bits per heavy atom. The molecule has 5 rings (SSSR count). The van der Waals surface area contributed by atoms with Crippen molar-refractivity contribution in [3.05, 3.63) is 69.7 Å². The lowest BCUT2D eigenvalue weighted by atomic mass is 9.81. The van der Waals surface area contributed by atoms with Gasteiger partial charge in [0.2, 0.25) is 0 Å². The number of rotatable bonds is 4. The van der Waals surface area contributed by atoms with E-state index in [1.54, 1.807) is 36.7 Å². The van der Waals surface area contributed by atoms with E-state index in [9.17, 15) is 14.7 Å². The van der Waals surface area contributed by atoms with Crippen LogP contribution in [0, 0.1) is 5.92 Å². The molecule has 1 amide bonds. The number of ketones is 1. The van der Waals surface area contributed by atoms with E-state index in [0.29, 0.717) is 26.8 Å². The molecule has 1 saturated carbocycles. The maximum Gasteiger partial charge on any atom is 0.294 e. The first kappa shape index (κ1) is 21.0. The SMILES string of the molecule is O=C(C1=C(O)C(=O)N(c2ccc3[nH]cnc3c2)C1c1ccc(Cl)c(Cl)c1)C1CCCCC1. The van der Waals surface area contributed by atoms with Crippen LogP contribution in [-0.4, -0.2) is 26.8 Å². The molecule has 2 aliphatic rings. The Morgan fingerprint density at radius 1 is 1.06 bits per heavy atom. The van der Waals surface area contributed by atoms with Crippen LogP contribution in [-0.2, 0) is 9.59 Å². The van der Waals surface area contributed by atoms with E-state index in [-0.39, 0.29) is 17.3 Å². The number of amides is 1. The summed E-state index contributed by atoms with van der Waals surface area (Å²) in [6.07, 6.45) is 6.13. The van der Waals surface area contributed by atoms with Crippen molar-refractivity contribution in [2.45, 2.75) is 38.1 Å². The molecule has 1 aliphatic carbocycles. The van der Waals surface area contributed by atoms with Crippen molar-refractivity contribution in [1.29, 1.82) is 0 Å². The molecule has 1 atom stereocenters. The number of hydrogen-bond acceptors (Lipinski definition) is 4. The highest BCUT2D eigenvalue weighted by molar-refractivity contribution is 6.42. The molecule has 1 fully saturated rings. The number of aliphatic hydroxyl groups is 1. The molecule has 3 aromatic rings. The predicted molar refractivity (Wildman–Crippen MR) is 124 cm³/mol. The maximum absolute atomic E-state index is 13.6. The van der Waals surface area contributed by atoms with Crippen molar-refractivity contribution in [3.63, 3.8) is 0 Å². The van der Waals surface area contributed by atoms with Crippen LogP contribution >= 0.6 is 23.2 Å². The second-order valence-corrected chi connectivity index (χ2v) is 9.13. The van der Waals surface area contributed by atoms with Crippen LogP contribution in [0.15, 0.2) is 54.1 Å². The van der Waals surface area contributed by atoms with Crippen molar-refractivity contribution in [3.8, 4) is 0 Å². The molecule has 0 saturated heterocycles. The Kier molecular flexibility index (Phi) is 5.43. The van der Waals surface area contributed by atoms with Gasteiger partial charge in [-0.3, -0.25) is 14.5 Å². The number of anilines is 1. The number of H-pyrrole nitrogens is 1. The van der Waals surface area contributed by atoms with Crippen LogP contribution in [0.2, 0.25) is 10.0 Å². The fourth-order valence-electron chi connectivity index (χ4n) is 4.78. The van der Waals surface area contributed by atoms with Gasteiger partial charge in [0.1, 0.15) is 0 Å². The molecule has 32 heavy (non-hydrogen) atoms. The lowest BCUT2D eigenvalue weighted by Gasteiger charge is -2.29. The van der Waals surface area contributed by atoms with Gasteiger partial charge in [0, 0.05) is 11.6 Å². The second kappa shape index (κ2) is 8.26. The first-order valence-corrected chi connectivity index (χ1v) is 11.4. The lowest BCUT2D eigenvalue weighted by Crippen LogP contribution is -2.32. The Balaban J connectivity index is 1.64. The number of nitrogens with one attached hydrogen (secondary N) is 1. The summed E-state index contributed by atoms with van der Waals surface area (Å²) < 4.78 is 0. The largest absolute Gasteiger partial charge is 0.503 e. The fraction of sp³-hybridized carbons (Fsp3) is 0.292. The number of aliphatic hydroxyl groups excluding tert-OH is 1. The van der Waals surface area contributed by atoms with Gasteiger partial charge in [0.25, 0.3) is 5.91 Å². The fourth-order valence-corrected chi connectivity index (χ4v) is 5.08. The number of Topliss-reactive ketones (excluding diaryl/α,β-unsaturated/α-hetero) is 1. The Morgan fingerprint density at radius 2 is 1.84 bits per heavy atom. The summed E-state index contributed by atoms with van der Waals surface area (Å²) in [6.45, 7) is 0. The number of aromatic amines is 1. The maximum atomic E-state index is 13.6. The van der Waals surface area contributed by atoms with E-state index >= 15 is 0 Å². The molecule has 8 heteroatoms. The van der Waals surface area contributed by atoms with Gasteiger partial charge in [-0.1, -0.05) is 48.5 Å². The van der Waals surface area contributed by atoms with Crippen molar-refractivity contribution < 1.29 is 14.7 Å². The van der Waals surface area contributed by atoms with E-state index in [0.717, 1.165) is 37.6 Å². The standard InChI is InChI=1S/C24H21Cl2N3O3/c25-16-8-6-14(10-17(16)26)21-20(22(30)13-4-2-1-3-5-13)23(31)24(32)29(21)15-7-9-18-19(11-15)28-12-27-18/h6-13,21,31H,1-5H2,(H,27,28). The molecule has 1 aliphatic heterocycles. The van der Waals surface area contributed by atoms with Gasteiger partial charge < -0.3 is 10.1 Å². The number of carbonyl (C=O) groups is 2. The summed E-state index contributed by atoms with van der Waals surface area (Å²) in [5, 5.41) is 11.6. The van der Waals surface area contributed by atoms with Gasteiger partial charge in [0.15, 0.2) is 11.5 Å². The first-order valence-electron chi connectivity index (χ1n) is 10.6. The molecule has 6 nitrogen and oxygen atoms in total. The third-order valence-electron chi connectivity index (χ3n) is 6.39. The molecule has 0 spiro atoms. The highest BCUT2D eigenvalue weighted by Crippen LogP contribution is 2.44. The molecular weight excluding hydrogens is 449 g/mol. The smallest absolute Gasteiger partial charge is 0.294 e. The van der Waals surface area contributed by atoms with E-state index in [1.807, 2.05) is 6.07 Å². The Bertz CT molecular complexity index is 1260. The topological polar surface area (TPSA) is 86.3 Å². The van der Waals surface area contributed by atoms with Gasteiger partial charge >= 0.3 is 0 Å². The monoisotopic (exact) mass is 469 g/mol. The van der Waals surface area contributed by atoms with E-state index in [2.05, 4.69) is 9.97 Å². The van der Waals surface area contributed by atoms with Crippen LogP contribution in [0.1, 0.15) is 43.7 Å². The normalized spacial score (nSPS) is 19.9. The average molecular weight is 470 g/mol. The van der Waals surface area contributed by atoms with E-state index in [1.165, 1.54) is 4.90 Å². The number of imidazole rings is 1. The zero-order valence-electron chi connectivity index (χ0n) is 17.1. The molecule has 0 bridgehead atoms. The Hall–Kier alpha value is -2.83.